The van der Waals surface area contributed by atoms with Gasteiger partial charge in [-0.3, -0.25) is 4.79 Å². The molecule has 0 spiro atoms. The van der Waals surface area contributed by atoms with Gasteiger partial charge in [-0.15, -0.1) is 0 Å². The Morgan fingerprint density at radius 2 is 2.00 bits per heavy atom. The zero-order chi connectivity index (χ0) is 12.8. The Morgan fingerprint density at radius 1 is 1.44 bits per heavy atom. The zero-order valence-corrected chi connectivity index (χ0v) is 9.17. The number of ether oxygens (including phenoxy) is 1. The molecule has 1 unspecified atom stereocenters. The number of carbonyl (C=O) groups is 1. The van der Waals surface area contributed by atoms with E-state index in [0.29, 0.717) is 0 Å². The lowest BCUT2D eigenvalue weighted by Crippen LogP contribution is -2.41. The number of halogens is 3. The highest BCUT2D eigenvalue weighted by molar-refractivity contribution is 5.73. The molecule has 0 aromatic rings. The Bertz CT molecular complexity index is 219. The van der Waals surface area contributed by atoms with Crippen molar-refractivity contribution in [2.75, 3.05) is 13.2 Å². The quantitative estimate of drug-likeness (QED) is 0.664. The lowest BCUT2D eigenvalue weighted by atomic mass is 10.2. The standard InChI is InChI=1S/C9H16F3NO3/c1-6(2)13-7(8(14)15)3-4-16-5-9(10,11)12/h6-7,13H,3-5H2,1-2H3,(H,14,15). The number of carboxylic acid groups (broad SMARTS) is 1. The van der Waals surface area contributed by atoms with Crippen molar-refractivity contribution in [1.82, 2.24) is 5.32 Å². The van der Waals surface area contributed by atoms with Crippen LogP contribution in [0.5, 0.6) is 0 Å². The van der Waals surface area contributed by atoms with Gasteiger partial charge >= 0.3 is 12.1 Å². The molecular weight excluding hydrogens is 227 g/mol. The number of hydrogen-bond acceptors (Lipinski definition) is 3. The summed E-state index contributed by atoms with van der Waals surface area (Å²) < 4.78 is 39.4. The smallest absolute Gasteiger partial charge is 0.411 e. The number of rotatable bonds is 7. The van der Waals surface area contributed by atoms with Gasteiger partial charge in [0.1, 0.15) is 12.6 Å². The van der Waals surface area contributed by atoms with Crippen molar-refractivity contribution in [3.8, 4) is 0 Å². The molecule has 0 heterocycles. The minimum Gasteiger partial charge on any atom is -0.480 e. The molecule has 0 bridgehead atoms. The molecule has 0 aliphatic heterocycles. The molecule has 4 nitrogen and oxygen atoms in total. The average molecular weight is 243 g/mol. The van der Waals surface area contributed by atoms with E-state index in [-0.39, 0.29) is 19.1 Å². The first-order chi connectivity index (χ1) is 7.22. The van der Waals surface area contributed by atoms with Crippen LogP contribution in [0.1, 0.15) is 20.3 Å². The summed E-state index contributed by atoms with van der Waals surface area (Å²) in [5.74, 6) is -1.09. The van der Waals surface area contributed by atoms with E-state index in [1.807, 2.05) is 0 Å². The van der Waals surface area contributed by atoms with Gasteiger partial charge in [0.2, 0.25) is 0 Å². The summed E-state index contributed by atoms with van der Waals surface area (Å²) in [6.45, 7) is 1.93. The Kier molecular flexibility index (Phi) is 6.35. The minimum atomic E-state index is -4.37. The molecule has 0 aromatic heterocycles. The molecule has 0 saturated heterocycles. The minimum absolute atomic E-state index is 0.00356. The van der Waals surface area contributed by atoms with Gasteiger partial charge in [-0.1, -0.05) is 13.8 Å². The summed E-state index contributed by atoms with van der Waals surface area (Å²) in [5.41, 5.74) is 0. The van der Waals surface area contributed by atoms with Crippen LogP contribution in [-0.2, 0) is 9.53 Å². The van der Waals surface area contributed by atoms with Crippen LogP contribution in [-0.4, -0.2) is 42.5 Å². The third-order valence-electron chi connectivity index (χ3n) is 1.65. The predicted octanol–water partition coefficient (Wildman–Crippen LogP) is 1.41. The fraction of sp³-hybridized carbons (Fsp3) is 0.889. The molecule has 0 fully saturated rings. The van der Waals surface area contributed by atoms with Gasteiger partial charge in [0.15, 0.2) is 0 Å². The van der Waals surface area contributed by atoms with Crippen LogP contribution in [0.3, 0.4) is 0 Å². The third kappa shape index (κ3) is 8.49. The van der Waals surface area contributed by atoms with Gasteiger partial charge in [-0.25, -0.2) is 0 Å². The van der Waals surface area contributed by atoms with E-state index >= 15 is 0 Å². The van der Waals surface area contributed by atoms with Crippen molar-refractivity contribution in [1.29, 1.82) is 0 Å². The van der Waals surface area contributed by atoms with E-state index in [9.17, 15) is 18.0 Å². The van der Waals surface area contributed by atoms with Gasteiger partial charge in [0, 0.05) is 12.6 Å². The monoisotopic (exact) mass is 243 g/mol. The molecule has 96 valence electrons. The summed E-state index contributed by atoms with van der Waals surface area (Å²) in [4.78, 5) is 10.7. The molecular formula is C9H16F3NO3. The molecule has 0 aliphatic rings. The predicted molar refractivity (Wildman–Crippen MR) is 51.2 cm³/mol. The second-order valence-electron chi connectivity index (χ2n) is 3.67. The van der Waals surface area contributed by atoms with Gasteiger partial charge in [-0.2, -0.15) is 13.2 Å². The molecule has 1 atom stereocenters. The highest BCUT2D eigenvalue weighted by Crippen LogP contribution is 2.14. The Hall–Kier alpha value is -0.820. The maximum Gasteiger partial charge on any atom is 0.411 e. The van der Waals surface area contributed by atoms with E-state index < -0.39 is 24.8 Å². The van der Waals surface area contributed by atoms with Crippen molar-refractivity contribution in [2.24, 2.45) is 0 Å². The Morgan fingerprint density at radius 3 is 2.38 bits per heavy atom. The molecule has 0 aromatic carbocycles. The molecule has 0 rings (SSSR count). The first-order valence-corrected chi connectivity index (χ1v) is 4.85. The van der Waals surface area contributed by atoms with E-state index in [2.05, 4.69) is 10.1 Å². The second-order valence-corrected chi connectivity index (χ2v) is 3.67. The van der Waals surface area contributed by atoms with E-state index in [0.717, 1.165) is 0 Å². The second kappa shape index (κ2) is 6.70. The number of hydrogen-bond donors (Lipinski definition) is 2. The van der Waals surface area contributed by atoms with Crippen LogP contribution < -0.4 is 5.32 Å². The van der Waals surface area contributed by atoms with Crippen molar-refractivity contribution < 1.29 is 27.8 Å². The number of alkyl halides is 3. The fourth-order valence-electron chi connectivity index (χ4n) is 1.07. The summed E-state index contributed by atoms with van der Waals surface area (Å²) in [5, 5.41) is 11.5. The zero-order valence-electron chi connectivity index (χ0n) is 9.17. The lowest BCUT2D eigenvalue weighted by molar-refractivity contribution is -0.174. The summed E-state index contributed by atoms with van der Waals surface area (Å²) >= 11 is 0. The third-order valence-corrected chi connectivity index (χ3v) is 1.65. The van der Waals surface area contributed by atoms with E-state index in [4.69, 9.17) is 5.11 Å². The summed E-state index contributed by atoms with van der Waals surface area (Å²) in [7, 11) is 0. The van der Waals surface area contributed by atoms with Crippen molar-refractivity contribution in [2.45, 2.75) is 38.5 Å². The highest BCUT2D eigenvalue weighted by atomic mass is 19.4. The van der Waals surface area contributed by atoms with Crippen molar-refractivity contribution in [3.05, 3.63) is 0 Å². The molecule has 0 saturated carbocycles. The Labute approximate surface area is 91.8 Å². The highest BCUT2D eigenvalue weighted by Gasteiger charge is 2.27. The van der Waals surface area contributed by atoms with Crippen LogP contribution in [0.2, 0.25) is 0 Å². The molecule has 2 N–H and O–H groups in total. The number of carboxylic acids is 1. The fourth-order valence-corrected chi connectivity index (χ4v) is 1.07. The topological polar surface area (TPSA) is 58.6 Å². The van der Waals surface area contributed by atoms with E-state index in [1.165, 1.54) is 0 Å². The maximum absolute atomic E-state index is 11.7. The maximum atomic E-state index is 11.7. The first kappa shape index (κ1) is 15.2. The molecule has 7 heteroatoms. The molecule has 0 amide bonds. The average Bonchev–Trinajstić information content (AvgIpc) is 2.07. The van der Waals surface area contributed by atoms with Crippen LogP contribution in [0.15, 0.2) is 0 Å². The summed E-state index contributed by atoms with van der Waals surface area (Å²) in [6.07, 6.45) is -4.37. The summed E-state index contributed by atoms with van der Waals surface area (Å²) in [6, 6.07) is -0.933. The van der Waals surface area contributed by atoms with Crippen LogP contribution >= 0.6 is 0 Å². The van der Waals surface area contributed by atoms with Gasteiger partial charge < -0.3 is 15.2 Å². The van der Waals surface area contributed by atoms with Gasteiger partial charge in [-0.05, 0) is 6.42 Å². The van der Waals surface area contributed by atoms with Crippen molar-refractivity contribution >= 4 is 5.97 Å². The first-order valence-electron chi connectivity index (χ1n) is 4.85. The van der Waals surface area contributed by atoms with Crippen molar-refractivity contribution in [3.63, 3.8) is 0 Å². The molecule has 0 radical (unpaired) electrons. The van der Waals surface area contributed by atoms with Gasteiger partial charge in [0.25, 0.3) is 0 Å². The Balaban J connectivity index is 3.82. The molecule has 16 heavy (non-hydrogen) atoms. The normalized spacial score (nSPS) is 14.1. The van der Waals surface area contributed by atoms with E-state index in [1.54, 1.807) is 13.8 Å². The van der Waals surface area contributed by atoms with Crippen LogP contribution in [0.4, 0.5) is 13.2 Å². The number of aliphatic carboxylic acids is 1. The van der Waals surface area contributed by atoms with Crippen LogP contribution in [0.25, 0.3) is 0 Å². The largest absolute Gasteiger partial charge is 0.480 e. The molecule has 0 aliphatic carbocycles. The SMILES string of the molecule is CC(C)NC(CCOCC(F)(F)F)C(=O)O. The number of nitrogens with one attached hydrogen (secondary N) is 1. The van der Waals surface area contributed by atoms with Gasteiger partial charge in [0.05, 0.1) is 0 Å². The lowest BCUT2D eigenvalue weighted by Gasteiger charge is -2.17. The van der Waals surface area contributed by atoms with Crippen LogP contribution in [0, 0.1) is 0 Å².